The molecule has 0 radical (unpaired) electrons. The molecule has 2 N–H and O–H groups in total. The summed E-state index contributed by atoms with van der Waals surface area (Å²) in [6.45, 7) is 6.49. The first kappa shape index (κ1) is 17.2. The van der Waals surface area contributed by atoms with Gasteiger partial charge < -0.3 is 15.0 Å². The minimum atomic E-state index is -0.448. The first-order chi connectivity index (χ1) is 12.0. The molecule has 0 bridgehead atoms. The molecule has 3 aromatic rings. The SMILES string of the molecule is CCCCCn1c(N)c(C(=O)OC(C)C)c2nc3ccccc3nc21. The largest absolute Gasteiger partial charge is 0.459 e. The van der Waals surface area contributed by atoms with Crippen molar-refractivity contribution in [3.05, 3.63) is 29.8 Å². The highest BCUT2D eigenvalue weighted by Gasteiger charge is 2.25. The van der Waals surface area contributed by atoms with Gasteiger partial charge in [0.05, 0.1) is 17.1 Å². The number of nitrogens with two attached hydrogens (primary N) is 1. The Kier molecular flexibility index (Phi) is 4.88. The number of para-hydroxylation sites is 2. The van der Waals surface area contributed by atoms with Gasteiger partial charge in [-0.15, -0.1) is 0 Å². The summed E-state index contributed by atoms with van der Waals surface area (Å²) >= 11 is 0. The van der Waals surface area contributed by atoms with E-state index in [1.54, 1.807) is 0 Å². The van der Waals surface area contributed by atoms with Crippen LogP contribution in [0.5, 0.6) is 0 Å². The average molecular weight is 340 g/mol. The lowest BCUT2D eigenvalue weighted by Gasteiger charge is -2.09. The number of unbranched alkanes of at least 4 members (excludes halogenated alkanes) is 2. The molecule has 0 aliphatic heterocycles. The standard InChI is InChI=1S/C19H24N4O2/c1-4-5-8-11-23-17(20)15(19(24)25-12(2)3)16-18(23)22-14-10-7-6-9-13(14)21-16/h6-7,9-10,12H,4-5,8,11,20H2,1-3H3. The summed E-state index contributed by atoms with van der Waals surface area (Å²) in [7, 11) is 0. The zero-order chi connectivity index (χ0) is 18.0. The lowest BCUT2D eigenvalue weighted by molar-refractivity contribution is 0.0381. The second-order valence-corrected chi connectivity index (χ2v) is 6.46. The number of nitrogen functional groups attached to an aromatic ring is 1. The molecule has 25 heavy (non-hydrogen) atoms. The van der Waals surface area contributed by atoms with Crippen LogP contribution in [0.15, 0.2) is 24.3 Å². The Hall–Kier alpha value is -2.63. The van der Waals surface area contributed by atoms with E-state index in [1.165, 1.54) is 0 Å². The first-order valence-electron chi connectivity index (χ1n) is 8.78. The van der Waals surface area contributed by atoms with Crippen LogP contribution in [0.1, 0.15) is 50.4 Å². The highest BCUT2D eigenvalue weighted by atomic mass is 16.5. The lowest BCUT2D eigenvalue weighted by atomic mass is 10.2. The Bertz CT molecular complexity index is 915. The maximum atomic E-state index is 12.6. The predicted octanol–water partition coefficient (Wildman–Crippen LogP) is 3.92. The summed E-state index contributed by atoms with van der Waals surface area (Å²) in [5, 5.41) is 0. The molecule has 0 atom stereocenters. The first-order valence-corrected chi connectivity index (χ1v) is 8.78. The molecule has 3 rings (SSSR count). The molecule has 6 nitrogen and oxygen atoms in total. The maximum Gasteiger partial charge on any atom is 0.344 e. The summed E-state index contributed by atoms with van der Waals surface area (Å²) in [4.78, 5) is 21.9. The molecular weight excluding hydrogens is 316 g/mol. The van der Waals surface area contributed by atoms with E-state index in [0.29, 0.717) is 29.1 Å². The number of nitrogens with zero attached hydrogens (tertiary/aromatic N) is 3. The Morgan fingerprint density at radius 2 is 1.88 bits per heavy atom. The quantitative estimate of drug-likeness (QED) is 0.543. The highest BCUT2D eigenvalue weighted by Crippen LogP contribution is 2.29. The van der Waals surface area contributed by atoms with Gasteiger partial charge in [0.1, 0.15) is 16.9 Å². The summed E-state index contributed by atoms with van der Waals surface area (Å²) in [5.74, 6) is -0.0663. The van der Waals surface area contributed by atoms with Gasteiger partial charge in [0, 0.05) is 6.54 Å². The fraction of sp³-hybridized carbons (Fsp3) is 0.421. The second-order valence-electron chi connectivity index (χ2n) is 6.46. The van der Waals surface area contributed by atoms with Gasteiger partial charge in [0.2, 0.25) is 0 Å². The Morgan fingerprint density at radius 3 is 2.52 bits per heavy atom. The Balaban J connectivity index is 2.20. The summed E-state index contributed by atoms with van der Waals surface area (Å²) in [6.07, 6.45) is 2.94. The van der Waals surface area contributed by atoms with Crippen LogP contribution in [0.4, 0.5) is 5.82 Å². The fourth-order valence-corrected chi connectivity index (χ4v) is 2.94. The zero-order valence-corrected chi connectivity index (χ0v) is 15.0. The predicted molar refractivity (Wildman–Crippen MR) is 99.5 cm³/mol. The Labute approximate surface area is 147 Å². The van der Waals surface area contributed by atoms with Crippen LogP contribution in [0.25, 0.3) is 22.2 Å². The van der Waals surface area contributed by atoms with Crippen molar-refractivity contribution in [1.29, 1.82) is 0 Å². The molecule has 0 saturated carbocycles. The van der Waals surface area contributed by atoms with Crippen molar-refractivity contribution in [1.82, 2.24) is 14.5 Å². The molecular formula is C19H24N4O2. The summed E-state index contributed by atoms with van der Waals surface area (Å²) in [6, 6.07) is 7.61. The van der Waals surface area contributed by atoms with E-state index in [1.807, 2.05) is 42.7 Å². The molecule has 1 aromatic carbocycles. The fourth-order valence-electron chi connectivity index (χ4n) is 2.94. The maximum absolute atomic E-state index is 12.6. The number of rotatable bonds is 6. The van der Waals surface area contributed by atoms with E-state index in [2.05, 4.69) is 11.9 Å². The molecule has 132 valence electrons. The van der Waals surface area contributed by atoms with E-state index in [-0.39, 0.29) is 6.10 Å². The van der Waals surface area contributed by atoms with Gasteiger partial charge in [-0.2, -0.15) is 0 Å². The molecule has 0 saturated heterocycles. The van der Waals surface area contributed by atoms with Gasteiger partial charge in [-0.05, 0) is 32.4 Å². The zero-order valence-electron chi connectivity index (χ0n) is 15.0. The van der Waals surface area contributed by atoms with Crippen molar-refractivity contribution in [2.24, 2.45) is 0 Å². The number of ether oxygens (including phenoxy) is 1. The van der Waals surface area contributed by atoms with Crippen molar-refractivity contribution in [2.75, 3.05) is 5.73 Å². The molecule has 0 spiro atoms. The summed E-state index contributed by atoms with van der Waals surface area (Å²) in [5.41, 5.74) is 9.31. The number of fused-ring (bicyclic) bond motifs is 2. The van der Waals surface area contributed by atoms with E-state index >= 15 is 0 Å². The molecule has 0 amide bonds. The van der Waals surface area contributed by atoms with Crippen LogP contribution < -0.4 is 5.73 Å². The third-order valence-electron chi connectivity index (χ3n) is 4.12. The van der Waals surface area contributed by atoms with Gasteiger partial charge >= 0.3 is 5.97 Å². The normalized spacial score (nSPS) is 11.5. The summed E-state index contributed by atoms with van der Waals surface area (Å²) < 4.78 is 7.27. The topological polar surface area (TPSA) is 83.0 Å². The van der Waals surface area contributed by atoms with Crippen molar-refractivity contribution in [3.8, 4) is 0 Å². The van der Waals surface area contributed by atoms with E-state index < -0.39 is 5.97 Å². The third kappa shape index (κ3) is 3.29. The number of hydrogen-bond donors (Lipinski definition) is 1. The van der Waals surface area contributed by atoms with Crippen molar-refractivity contribution >= 4 is 34.0 Å². The third-order valence-corrected chi connectivity index (χ3v) is 4.12. The average Bonchev–Trinajstić information content (AvgIpc) is 2.84. The van der Waals surface area contributed by atoms with Gasteiger partial charge in [0.15, 0.2) is 5.65 Å². The van der Waals surface area contributed by atoms with Crippen LogP contribution in [-0.4, -0.2) is 26.6 Å². The number of aryl methyl sites for hydroxylation is 1. The second kappa shape index (κ2) is 7.09. The molecule has 2 heterocycles. The van der Waals surface area contributed by atoms with Gasteiger partial charge in [-0.1, -0.05) is 31.9 Å². The van der Waals surface area contributed by atoms with Crippen LogP contribution in [0.3, 0.4) is 0 Å². The Morgan fingerprint density at radius 1 is 1.20 bits per heavy atom. The smallest absolute Gasteiger partial charge is 0.344 e. The van der Waals surface area contributed by atoms with Gasteiger partial charge in [0.25, 0.3) is 0 Å². The number of anilines is 1. The van der Waals surface area contributed by atoms with Crippen LogP contribution in [0.2, 0.25) is 0 Å². The minimum Gasteiger partial charge on any atom is -0.459 e. The molecule has 6 heteroatoms. The number of carbonyl (C=O) groups excluding carboxylic acids is 1. The number of benzene rings is 1. The number of esters is 1. The molecule has 0 aliphatic rings. The molecule has 0 unspecified atom stereocenters. The lowest BCUT2D eigenvalue weighted by Crippen LogP contribution is -2.14. The van der Waals surface area contributed by atoms with Crippen LogP contribution >= 0.6 is 0 Å². The molecule has 0 fully saturated rings. The molecule has 2 aromatic heterocycles. The number of aromatic nitrogens is 3. The highest BCUT2D eigenvalue weighted by molar-refractivity contribution is 6.08. The minimum absolute atomic E-state index is 0.223. The van der Waals surface area contributed by atoms with Crippen molar-refractivity contribution in [2.45, 2.75) is 52.7 Å². The van der Waals surface area contributed by atoms with E-state index in [9.17, 15) is 4.79 Å². The van der Waals surface area contributed by atoms with Crippen LogP contribution in [0, 0.1) is 0 Å². The van der Waals surface area contributed by atoms with E-state index in [0.717, 1.165) is 30.3 Å². The van der Waals surface area contributed by atoms with Crippen LogP contribution in [-0.2, 0) is 11.3 Å². The van der Waals surface area contributed by atoms with E-state index in [4.69, 9.17) is 15.5 Å². The van der Waals surface area contributed by atoms with Crippen molar-refractivity contribution < 1.29 is 9.53 Å². The number of hydrogen-bond acceptors (Lipinski definition) is 5. The van der Waals surface area contributed by atoms with Gasteiger partial charge in [-0.25, -0.2) is 14.8 Å². The molecule has 0 aliphatic carbocycles. The van der Waals surface area contributed by atoms with Gasteiger partial charge in [-0.3, -0.25) is 0 Å². The van der Waals surface area contributed by atoms with Crippen molar-refractivity contribution in [3.63, 3.8) is 0 Å². The monoisotopic (exact) mass is 340 g/mol. The number of carbonyl (C=O) groups is 1.